The minimum absolute atomic E-state index is 0.789. The maximum atomic E-state index is 5.31. The molecule has 2 nitrogen and oxygen atoms in total. The Kier molecular flexibility index (Phi) is 1.47. The van der Waals surface area contributed by atoms with Crippen LogP contribution in [0.4, 0.5) is 5.69 Å². The predicted molar refractivity (Wildman–Crippen MR) is 51.4 cm³/mol. The summed E-state index contributed by atoms with van der Waals surface area (Å²) >= 11 is 8.25. The van der Waals surface area contributed by atoms with Crippen molar-refractivity contribution in [3.8, 4) is 5.75 Å². The number of thiol groups is 2. The fraction of sp³-hybridized carbons (Fsp3) is 0.143. The van der Waals surface area contributed by atoms with E-state index in [0.717, 1.165) is 11.4 Å². The molecule has 0 aromatic heterocycles. The summed E-state index contributed by atoms with van der Waals surface area (Å²) in [5.41, 5.74) is 0.928. The molecule has 0 atom stereocenters. The minimum Gasteiger partial charge on any atom is -0.448 e. The molecular weight excluding hydrogens is 178 g/mol. The van der Waals surface area contributed by atoms with Crippen LogP contribution in [0.1, 0.15) is 0 Å². The molecule has 1 heterocycles. The molecule has 1 aromatic carbocycles. The first-order chi connectivity index (χ1) is 5.17. The summed E-state index contributed by atoms with van der Waals surface area (Å²) in [6, 6.07) is 7.63. The van der Waals surface area contributed by atoms with E-state index in [9.17, 15) is 0 Å². The lowest BCUT2D eigenvalue weighted by Gasteiger charge is -2.14. The van der Waals surface area contributed by atoms with Gasteiger partial charge in [-0.15, -0.1) is 0 Å². The van der Waals surface area contributed by atoms with Crippen LogP contribution in [0.3, 0.4) is 0 Å². The summed E-state index contributed by atoms with van der Waals surface area (Å²) in [5.74, 6) is 0.789. The van der Waals surface area contributed by atoms with Gasteiger partial charge in [0.1, 0.15) is 5.75 Å². The number of para-hydroxylation sites is 2. The number of ether oxygens (including phenoxy) is 1. The molecular formula is C7H7NOS2. The van der Waals surface area contributed by atoms with E-state index in [1.807, 2.05) is 24.3 Å². The highest BCUT2D eigenvalue weighted by Crippen LogP contribution is 2.39. The van der Waals surface area contributed by atoms with Crippen LogP contribution in [-0.4, -0.2) is 4.39 Å². The van der Waals surface area contributed by atoms with Crippen molar-refractivity contribution in [1.82, 2.24) is 0 Å². The minimum atomic E-state index is -0.857. The van der Waals surface area contributed by atoms with Gasteiger partial charge in [0.15, 0.2) is 0 Å². The Balaban J connectivity index is 2.41. The fourth-order valence-electron chi connectivity index (χ4n) is 1.01. The average molecular weight is 185 g/mol. The number of rotatable bonds is 0. The zero-order valence-electron chi connectivity index (χ0n) is 5.61. The zero-order valence-corrected chi connectivity index (χ0v) is 7.40. The van der Waals surface area contributed by atoms with Gasteiger partial charge in [-0.25, -0.2) is 0 Å². The van der Waals surface area contributed by atoms with Crippen LogP contribution >= 0.6 is 25.3 Å². The quantitative estimate of drug-likeness (QED) is 0.424. The van der Waals surface area contributed by atoms with Gasteiger partial charge >= 0.3 is 0 Å². The molecule has 0 saturated heterocycles. The smallest absolute Gasteiger partial charge is 0.273 e. The van der Waals surface area contributed by atoms with Crippen LogP contribution in [0.25, 0.3) is 0 Å². The number of hydrogen-bond donors (Lipinski definition) is 3. The monoisotopic (exact) mass is 185 g/mol. The summed E-state index contributed by atoms with van der Waals surface area (Å²) in [4.78, 5) is 0. The molecule has 0 amide bonds. The van der Waals surface area contributed by atoms with Crippen LogP contribution in [-0.2, 0) is 0 Å². The van der Waals surface area contributed by atoms with E-state index in [2.05, 4.69) is 30.6 Å². The van der Waals surface area contributed by atoms with Crippen molar-refractivity contribution in [2.24, 2.45) is 0 Å². The molecule has 0 radical (unpaired) electrons. The van der Waals surface area contributed by atoms with Crippen LogP contribution in [0, 0.1) is 0 Å². The Morgan fingerprint density at radius 1 is 1.27 bits per heavy atom. The molecule has 1 aliphatic heterocycles. The molecule has 4 heteroatoms. The Bertz CT molecular complexity index is 261. The summed E-state index contributed by atoms with van der Waals surface area (Å²) in [6.07, 6.45) is 0. The Labute approximate surface area is 75.8 Å². The molecule has 11 heavy (non-hydrogen) atoms. The van der Waals surface area contributed by atoms with E-state index in [1.54, 1.807) is 0 Å². The third-order valence-electron chi connectivity index (χ3n) is 1.44. The number of hydrogen-bond acceptors (Lipinski definition) is 4. The third kappa shape index (κ3) is 1.28. The summed E-state index contributed by atoms with van der Waals surface area (Å²) in [7, 11) is 0. The molecule has 1 N–H and O–H groups in total. The first-order valence-electron chi connectivity index (χ1n) is 3.18. The van der Waals surface area contributed by atoms with E-state index in [-0.39, 0.29) is 0 Å². The third-order valence-corrected chi connectivity index (χ3v) is 1.84. The van der Waals surface area contributed by atoms with Gasteiger partial charge in [-0.05, 0) is 12.1 Å². The number of benzene rings is 1. The van der Waals surface area contributed by atoms with E-state index >= 15 is 0 Å². The SMILES string of the molecule is SC1(S)Nc2ccccc2O1. The highest BCUT2D eigenvalue weighted by atomic mass is 32.2. The van der Waals surface area contributed by atoms with Gasteiger partial charge < -0.3 is 10.1 Å². The Hall–Kier alpha value is -0.480. The lowest BCUT2D eigenvalue weighted by Crippen LogP contribution is -2.25. The standard InChI is InChI=1S/C7H7NOS2/c10-7(11)8-5-3-1-2-4-6(5)9-7/h1-4,8,10-11H. The van der Waals surface area contributed by atoms with E-state index in [0.29, 0.717) is 0 Å². The highest BCUT2D eigenvalue weighted by molar-refractivity contribution is 8.00. The van der Waals surface area contributed by atoms with Gasteiger partial charge in [-0.3, -0.25) is 0 Å². The first-order valence-corrected chi connectivity index (χ1v) is 4.08. The van der Waals surface area contributed by atoms with Crippen molar-refractivity contribution < 1.29 is 4.74 Å². The second-order valence-electron chi connectivity index (χ2n) is 2.33. The predicted octanol–water partition coefficient (Wildman–Crippen LogP) is 1.96. The van der Waals surface area contributed by atoms with Crippen molar-refractivity contribution in [3.05, 3.63) is 24.3 Å². The van der Waals surface area contributed by atoms with Crippen LogP contribution in [0.5, 0.6) is 5.75 Å². The summed E-state index contributed by atoms with van der Waals surface area (Å²) in [6.45, 7) is 0. The average Bonchev–Trinajstić information content (AvgIpc) is 2.21. The van der Waals surface area contributed by atoms with Crippen molar-refractivity contribution >= 4 is 30.9 Å². The topological polar surface area (TPSA) is 21.3 Å². The van der Waals surface area contributed by atoms with Crippen LogP contribution in [0.15, 0.2) is 24.3 Å². The van der Waals surface area contributed by atoms with Crippen molar-refractivity contribution in [3.63, 3.8) is 0 Å². The highest BCUT2D eigenvalue weighted by Gasteiger charge is 2.30. The van der Waals surface area contributed by atoms with Gasteiger partial charge in [-0.2, -0.15) is 0 Å². The van der Waals surface area contributed by atoms with Crippen LogP contribution in [0.2, 0.25) is 0 Å². The lowest BCUT2D eigenvalue weighted by atomic mass is 10.3. The molecule has 1 aliphatic rings. The van der Waals surface area contributed by atoms with Crippen LogP contribution < -0.4 is 10.1 Å². The fourth-order valence-corrected chi connectivity index (χ4v) is 1.45. The summed E-state index contributed by atoms with van der Waals surface area (Å²) < 4.78 is 4.45. The molecule has 0 aliphatic carbocycles. The maximum Gasteiger partial charge on any atom is 0.273 e. The first kappa shape index (κ1) is 7.18. The normalized spacial score (nSPS) is 18.4. The van der Waals surface area contributed by atoms with E-state index in [1.165, 1.54) is 0 Å². The van der Waals surface area contributed by atoms with Crippen molar-refractivity contribution in [2.75, 3.05) is 5.32 Å². The number of fused-ring (bicyclic) bond motifs is 1. The van der Waals surface area contributed by atoms with Gasteiger partial charge in [-0.1, -0.05) is 37.4 Å². The molecule has 0 spiro atoms. The molecule has 0 unspecified atom stereocenters. The second-order valence-corrected chi connectivity index (χ2v) is 3.94. The molecule has 0 fully saturated rings. The van der Waals surface area contributed by atoms with Gasteiger partial charge in [0, 0.05) is 0 Å². The van der Waals surface area contributed by atoms with Gasteiger partial charge in [0.05, 0.1) is 5.69 Å². The molecule has 58 valence electrons. The van der Waals surface area contributed by atoms with Gasteiger partial charge in [0.25, 0.3) is 4.39 Å². The Morgan fingerprint density at radius 2 is 2.00 bits per heavy atom. The molecule has 2 rings (SSSR count). The van der Waals surface area contributed by atoms with E-state index in [4.69, 9.17) is 4.74 Å². The van der Waals surface area contributed by atoms with E-state index < -0.39 is 4.39 Å². The lowest BCUT2D eigenvalue weighted by molar-refractivity contribution is 0.314. The summed E-state index contributed by atoms with van der Waals surface area (Å²) in [5, 5.41) is 2.98. The molecule has 0 bridgehead atoms. The number of anilines is 1. The molecule has 0 saturated carbocycles. The van der Waals surface area contributed by atoms with Gasteiger partial charge in [0.2, 0.25) is 0 Å². The largest absolute Gasteiger partial charge is 0.448 e. The second kappa shape index (κ2) is 2.25. The zero-order chi connectivity index (χ0) is 7.90. The number of nitrogens with one attached hydrogen (secondary N) is 1. The maximum absolute atomic E-state index is 5.31. The van der Waals surface area contributed by atoms with Crippen molar-refractivity contribution in [1.29, 1.82) is 0 Å². The molecule has 1 aromatic rings. The Morgan fingerprint density at radius 3 is 2.73 bits per heavy atom. The van der Waals surface area contributed by atoms with Crippen molar-refractivity contribution in [2.45, 2.75) is 4.39 Å².